The van der Waals surface area contributed by atoms with Crippen LogP contribution in [0.25, 0.3) is 0 Å². The number of aliphatic imine (C=N–C) groups is 1. The van der Waals surface area contributed by atoms with E-state index in [1.807, 2.05) is 18.9 Å². The second-order valence-corrected chi connectivity index (χ2v) is 6.29. The predicted octanol–water partition coefficient (Wildman–Crippen LogP) is 3.80. The number of aromatic nitrogens is 1. The van der Waals surface area contributed by atoms with Crippen molar-refractivity contribution >= 4 is 12.0 Å². The Balaban J connectivity index is 2.05. The molecule has 1 fully saturated rings. The van der Waals surface area contributed by atoms with Crippen molar-refractivity contribution in [3.8, 4) is 11.9 Å². The lowest BCUT2D eigenvalue weighted by Crippen LogP contribution is -2.29. The van der Waals surface area contributed by atoms with Gasteiger partial charge in [-0.2, -0.15) is 14.0 Å². The molecule has 0 atom stereocenters. The van der Waals surface area contributed by atoms with Gasteiger partial charge in [0.25, 0.3) is 0 Å². The predicted molar refractivity (Wildman–Crippen MR) is 93.9 cm³/mol. The monoisotopic (exact) mass is 366 g/mol. The van der Waals surface area contributed by atoms with Crippen LogP contribution in [0, 0.1) is 18.3 Å². The Kier molecular flexibility index (Phi) is 7.27. The highest BCUT2D eigenvalue weighted by atomic mass is 19.3. The molecule has 0 radical (unpaired) electrons. The van der Waals surface area contributed by atoms with Crippen LogP contribution in [-0.2, 0) is 4.74 Å². The van der Waals surface area contributed by atoms with E-state index in [0.717, 1.165) is 6.54 Å². The van der Waals surface area contributed by atoms with E-state index in [2.05, 4.69) is 20.8 Å². The normalized spacial score (nSPS) is 20.3. The van der Waals surface area contributed by atoms with Crippen LogP contribution in [-0.4, -0.2) is 48.6 Å². The molecule has 142 valence electrons. The Hall–Kier alpha value is -2.27. The minimum atomic E-state index is -2.74. The van der Waals surface area contributed by atoms with Crippen LogP contribution in [0.15, 0.2) is 11.1 Å². The summed E-state index contributed by atoms with van der Waals surface area (Å²) in [6.07, 6.45) is 3.27. The van der Waals surface area contributed by atoms with Gasteiger partial charge >= 0.3 is 6.61 Å². The number of nitriles is 1. The Morgan fingerprint density at radius 1 is 1.38 bits per heavy atom. The SMILES string of the molecule is CCN(C)/C=N/c1cc(C#N)c(OC2CCC(OC(F)F)CC2)nc1C. The summed E-state index contributed by atoms with van der Waals surface area (Å²) < 4.78 is 35.0. The zero-order valence-electron chi connectivity index (χ0n) is 15.3. The van der Waals surface area contributed by atoms with Crippen molar-refractivity contribution in [2.75, 3.05) is 13.6 Å². The van der Waals surface area contributed by atoms with Gasteiger partial charge in [0.2, 0.25) is 5.88 Å². The van der Waals surface area contributed by atoms with Crippen LogP contribution in [0.3, 0.4) is 0 Å². The smallest absolute Gasteiger partial charge is 0.345 e. The van der Waals surface area contributed by atoms with Crippen LogP contribution >= 0.6 is 0 Å². The summed E-state index contributed by atoms with van der Waals surface area (Å²) in [6.45, 7) is 1.89. The summed E-state index contributed by atoms with van der Waals surface area (Å²) in [7, 11) is 1.91. The average Bonchev–Trinajstić information content (AvgIpc) is 2.62. The van der Waals surface area contributed by atoms with E-state index in [1.165, 1.54) is 0 Å². The molecule has 0 saturated heterocycles. The van der Waals surface area contributed by atoms with Gasteiger partial charge in [-0.1, -0.05) is 0 Å². The van der Waals surface area contributed by atoms with Gasteiger partial charge in [-0.15, -0.1) is 0 Å². The second-order valence-electron chi connectivity index (χ2n) is 6.29. The van der Waals surface area contributed by atoms with Gasteiger partial charge in [0.15, 0.2) is 0 Å². The fourth-order valence-corrected chi connectivity index (χ4v) is 2.71. The van der Waals surface area contributed by atoms with Crippen LogP contribution in [0.5, 0.6) is 5.88 Å². The zero-order valence-corrected chi connectivity index (χ0v) is 15.3. The van der Waals surface area contributed by atoms with Gasteiger partial charge in [-0.25, -0.2) is 9.98 Å². The maximum Gasteiger partial charge on any atom is 0.345 e. The molecule has 1 saturated carbocycles. The van der Waals surface area contributed by atoms with Crippen molar-refractivity contribution in [2.24, 2.45) is 4.99 Å². The molecule has 0 unspecified atom stereocenters. The van der Waals surface area contributed by atoms with Gasteiger partial charge in [-0.3, -0.25) is 0 Å². The molecule has 1 aromatic heterocycles. The quantitative estimate of drug-likeness (QED) is 0.542. The average molecular weight is 366 g/mol. The minimum absolute atomic E-state index is 0.160. The van der Waals surface area contributed by atoms with Crippen molar-refractivity contribution in [1.82, 2.24) is 9.88 Å². The molecule has 0 aromatic carbocycles. The number of hydrogen-bond acceptors (Lipinski definition) is 5. The third-order valence-electron chi connectivity index (χ3n) is 4.36. The van der Waals surface area contributed by atoms with E-state index >= 15 is 0 Å². The fraction of sp³-hybridized carbons (Fsp3) is 0.611. The van der Waals surface area contributed by atoms with E-state index in [9.17, 15) is 14.0 Å². The highest BCUT2D eigenvalue weighted by molar-refractivity contribution is 5.63. The first kappa shape index (κ1) is 20.0. The highest BCUT2D eigenvalue weighted by Gasteiger charge is 2.26. The van der Waals surface area contributed by atoms with E-state index in [1.54, 1.807) is 19.3 Å². The molecule has 8 heteroatoms. The molecule has 0 spiro atoms. The largest absolute Gasteiger partial charge is 0.473 e. The number of nitrogens with zero attached hydrogens (tertiary/aromatic N) is 4. The van der Waals surface area contributed by atoms with Crippen LogP contribution < -0.4 is 4.74 Å². The summed E-state index contributed by atoms with van der Waals surface area (Å²) in [5.74, 6) is 0.269. The lowest BCUT2D eigenvalue weighted by atomic mass is 9.95. The van der Waals surface area contributed by atoms with E-state index in [4.69, 9.17) is 4.74 Å². The first-order valence-electron chi connectivity index (χ1n) is 8.69. The standard InChI is InChI=1S/C18H24F2N4O2/c1-4-24(3)11-22-16-9-13(10-21)17(23-12(16)2)25-14-5-7-15(8-6-14)26-18(19)20/h9,11,14-15,18H,4-8H2,1-3H3/b22-11+. The maximum absolute atomic E-state index is 12.3. The first-order valence-corrected chi connectivity index (χ1v) is 8.69. The second kappa shape index (κ2) is 9.43. The van der Waals surface area contributed by atoms with Crippen molar-refractivity contribution in [2.45, 2.75) is 58.4 Å². The maximum atomic E-state index is 12.3. The molecule has 1 heterocycles. The molecular formula is C18H24F2N4O2. The number of pyridine rings is 1. The topological polar surface area (TPSA) is 70.7 Å². The number of rotatable bonds is 7. The summed E-state index contributed by atoms with van der Waals surface area (Å²) in [5.41, 5.74) is 1.59. The minimum Gasteiger partial charge on any atom is -0.473 e. The van der Waals surface area contributed by atoms with Gasteiger partial charge in [0.05, 0.1) is 23.8 Å². The molecule has 0 N–H and O–H groups in total. The molecule has 1 aliphatic rings. The summed E-state index contributed by atoms with van der Waals surface area (Å²) in [5, 5.41) is 9.39. The molecule has 0 bridgehead atoms. The van der Waals surface area contributed by atoms with E-state index < -0.39 is 12.7 Å². The van der Waals surface area contributed by atoms with Crippen molar-refractivity contribution in [3.63, 3.8) is 0 Å². The van der Waals surface area contributed by atoms with Crippen LogP contribution in [0.4, 0.5) is 14.5 Å². The summed E-state index contributed by atoms with van der Waals surface area (Å²) >= 11 is 0. The summed E-state index contributed by atoms with van der Waals surface area (Å²) in [4.78, 5) is 10.6. The molecule has 0 aliphatic heterocycles. The Labute approximate surface area is 152 Å². The van der Waals surface area contributed by atoms with Crippen molar-refractivity contribution in [3.05, 3.63) is 17.3 Å². The molecule has 6 nitrogen and oxygen atoms in total. The number of aryl methyl sites for hydroxylation is 1. The summed E-state index contributed by atoms with van der Waals surface area (Å²) in [6, 6.07) is 3.75. The molecule has 0 amide bonds. The first-order chi connectivity index (χ1) is 12.4. The Bertz CT molecular complexity index is 668. The van der Waals surface area contributed by atoms with E-state index in [-0.39, 0.29) is 12.0 Å². The third kappa shape index (κ3) is 5.63. The molecule has 26 heavy (non-hydrogen) atoms. The molecule has 1 aliphatic carbocycles. The molecule has 2 rings (SSSR count). The molecule has 1 aromatic rings. The zero-order chi connectivity index (χ0) is 19.1. The number of ether oxygens (including phenoxy) is 2. The highest BCUT2D eigenvalue weighted by Crippen LogP contribution is 2.29. The van der Waals surface area contributed by atoms with Crippen molar-refractivity contribution < 1.29 is 18.3 Å². The van der Waals surface area contributed by atoms with Gasteiger partial charge in [-0.05, 0) is 45.6 Å². The number of alkyl halides is 2. The van der Waals surface area contributed by atoms with Crippen molar-refractivity contribution in [1.29, 1.82) is 5.26 Å². The number of halogens is 2. The lowest BCUT2D eigenvalue weighted by Gasteiger charge is -2.28. The lowest BCUT2D eigenvalue weighted by molar-refractivity contribution is -0.173. The van der Waals surface area contributed by atoms with Crippen LogP contribution in [0.1, 0.15) is 43.9 Å². The third-order valence-corrected chi connectivity index (χ3v) is 4.36. The Morgan fingerprint density at radius 2 is 2.04 bits per heavy atom. The van der Waals surface area contributed by atoms with Gasteiger partial charge in [0, 0.05) is 13.6 Å². The Morgan fingerprint density at radius 3 is 2.62 bits per heavy atom. The van der Waals surface area contributed by atoms with Gasteiger partial charge in [0.1, 0.15) is 17.7 Å². The van der Waals surface area contributed by atoms with Crippen LogP contribution in [0.2, 0.25) is 0 Å². The van der Waals surface area contributed by atoms with E-state index in [0.29, 0.717) is 42.6 Å². The fourth-order valence-electron chi connectivity index (χ4n) is 2.71. The number of hydrogen-bond donors (Lipinski definition) is 0. The molecular weight excluding hydrogens is 342 g/mol. The van der Waals surface area contributed by atoms with Gasteiger partial charge < -0.3 is 14.4 Å².